The minimum atomic E-state index is 0.0932. The van der Waals surface area contributed by atoms with Gasteiger partial charge in [0.15, 0.2) is 5.82 Å². The third kappa shape index (κ3) is 4.07. The van der Waals surface area contributed by atoms with Crippen molar-refractivity contribution < 1.29 is 9.53 Å². The molecule has 4 aromatic rings. The van der Waals surface area contributed by atoms with E-state index < -0.39 is 0 Å². The Morgan fingerprint density at radius 3 is 2.50 bits per heavy atom. The van der Waals surface area contributed by atoms with Gasteiger partial charge in [-0.1, -0.05) is 30.3 Å². The van der Waals surface area contributed by atoms with Crippen LogP contribution in [-0.2, 0) is 29.5 Å². The van der Waals surface area contributed by atoms with Gasteiger partial charge in [-0.25, -0.2) is 0 Å². The second-order valence-electron chi connectivity index (χ2n) is 9.52. The van der Waals surface area contributed by atoms with Crippen LogP contribution < -0.4 is 4.90 Å². The highest BCUT2D eigenvalue weighted by Gasteiger charge is 2.33. The van der Waals surface area contributed by atoms with E-state index in [4.69, 9.17) is 9.84 Å². The molecule has 1 amide bonds. The number of aromatic nitrogens is 4. The van der Waals surface area contributed by atoms with Crippen molar-refractivity contribution in [3.63, 3.8) is 0 Å². The zero-order valence-corrected chi connectivity index (χ0v) is 20.7. The van der Waals surface area contributed by atoms with Crippen LogP contribution in [0.4, 0.5) is 17.2 Å². The summed E-state index contributed by atoms with van der Waals surface area (Å²) in [5.74, 6) is 0.971. The summed E-state index contributed by atoms with van der Waals surface area (Å²) in [6.45, 7) is 4.35. The topological polar surface area (TPSA) is 68.4 Å². The van der Waals surface area contributed by atoms with Crippen molar-refractivity contribution in [2.24, 2.45) is 7.05 Å². The molecule has 1 saturated heterocycles. The third-order valence-corrected chi connectivity index (χ3v) is 7.15. The summed E-state index contributed by atoms with van der Waals surface area (Å²) in [6.07, 6.45) is 5.64. The van der Waals surface area contributed by atoms with Crippen molar-refractivity contribution in [3.8, 4) is 11.1 Å². The van der Waals surface area contributed by atoms with Crippen LogP contribution in [0.1, 0.15) is 30.6 Å². The monoisotopic (exact) mass is 482 g/mol. The average molecular weight is 483 g/mol. The number of rotatable bonds is 5. The van der Waals surface area contributed by atoms with Gasteiger partial charge in [0.1, 0.15) is 0 Å². The minimum Gasteiger partial charge on any atom is -0.379 e. The Balaban J connectivity index is 1.48. The highest BCUT2D eigenvalue weighted by atomic mass is 16.5. The molecule has 0 unspecified atom stereocenters. The van der Waals surface area contributed by atoms with Crippen LogP contribution in [0.3, 0.4) is 0 Å². The molecule has 2 aliphatic rings. The minimum absolute atomic E-state index is 0.0932. The molecule has 8 heteroatoms. The highest BCUT2D eigenvalue weighted by molar-refractivity contribution is 5.79. The smallest absolute Gasteiger partial charge is 0.219 e. The maximum atomic E-state index is 12.3. The molecule has 6 rings (SSSR count). The lowest BCUT2D eigenvalue weighted by molar-refractivity contribution is -0.129. The molecule has 8 nitrogen and oxygen atoms in total. The Hall–Kier alpha value is -3.91. The lowest BCUT2D eigenvalue weighted by Gasteiger charge is -2.29. The molecule has 4 heterocycles. The number of hydrogen-bond donors (Lipinski definition) is 0. The molecule has 2 aliphatic heterocycles. The quantitative estimate of drug-likeness (QED) is 0.415. The van der Waals surface area contributed by atoms with E-state index in [2.05, 4.69) is 51.1 Å². The van der Waals surface area contributed by atoms with E-state index in [1.807, 2.05) is 47.2 Å². The van der Waals surface area contributed by atoms with E-state index in [1.54, 1.807) is 6.92 Å². The van der Waals surface area contributed by atoms with Gasteiger partial charge in [-0.3, -0.25) is 19.1 Å². The number of hydrogen-bond acceptors (Lipinski definition) is 5. The van der Waals surface area contributed by atoms with Crippen molar-refractivity contribution >= 4 is 23.1 Å². The van der Waals surface area contributed by atoms with Gasteiger partial charge < -0.3 is 9.64 Å². The van der Waals surface area contributed by atoms with Crippen molar-refractivity contribution in [3.05, 3.63) is 78.2 Å². The SMILES string of the molecule is CC(=O)N1CCc2c(c(N(c3ccccc3)c3ccc(-c4cnn(C)c4)cc3)nn2[C@H]2CCOC2)C1. The maximum absolute atomic E-state index is 12.3. The number of nitrogens with zero attached hydrogens (tertiary/aromatic N) is 6. The van der Waals surface area contributed by atoms with E-state index in [9.17, 15) is 4.79 Å². The predicted molar refractivity (Wildman–Crippen MR) is 138 cm³/mol. The molecular weight excluding hydrogens is 452 g/mol. The first-order valence-corrected chi connectivity index (χ1v) is 12.5. The summed E-state index contributed by atoms with van der Waals surface area (Å²) in [7, 11) is 1.92. The number of ether oxygens (including phenoxy) is 1. The first-order chi connectivity index (χ1) is 17.6. The van der Waals surface area contributed by atoms with Gasteiger partial charge in [0.2, 0.25) is 5.91 Å². The second-order valence-corrected chi connectivity index (χ2v) is 9.52. The second kappa shape index (κ2) is 9.28. The Morgan fingerprint density at radius 2 is 1.83 bits per heavy atom. The predicted octanol–water partition coefficient (Wildman–Crippen LogP) is 4.62. The molecule has 184 valence electrons. The van der Waals surface area contributed by atoms with Crippen molar-refractivity contribution in [1.82, 2.24) is 24.5 Å². The summed E-state index contributed by atoms with van der Waals surface area (Å²) in [4.78, 5) is 16.4. The van der Waals surface area contributed by atoms with Crippen molar-refractivity contribution in [1.29, 1.82) is 0 Å². The van der Waals surface area contributed by atoms with E-state index in [1.165, 1.54) is 5.69 Å². The summed E-state index contributed by atoms with van der Waals surface area (Å²) < 4.78 is 9.70. The number of amides is 1. The first-order valence-electron chi connectivity index (χ1n) is 12.5. The summed E-state index contributed by atoms with van der Waals surface area (Å²) in [5.41, 5.74) is 6.56. The first kappa shape index (κ1) is 22.5. The number of benzene rings is 2. The number of anilines is 3. The molecule has 0 radical (unpaired) electrons. The number of fused-ring (bicyclic) bond motifs is 1. The number of aryl methyl sites for hydroxylation is 1. The Bertz CT molecular complexity index is 1370. The standard InChI is InChI=1S/C28H30N6O2/c1-20(35)32-14-12-27-26(18-32)28(30-34(27)25-13-15-36-19-25)33(23-6-4-3-5-7-23)24-10-8-21(9-11-24)22-16-29-31(2)17-22/h3-11,16-17,25H,12-15,18-19H2,1-2H3/t25-/m0/s1. The lowest BCUT2D eigenvalue weighted by Crippen LogP contribution is -2.35. The van der Waals surface area contributed by atoms with Gasteiger partial charge in [0, 0.05) is 67.9 Å². The fourth-order valence-corrected chi connectivity index (χ4v) is 5.24. The third-order valence-electron chi connectivity index (χ3n) is 7.15. The summed E-state index contributed by atoms with van der Waals surface area (Å²) >= 11 is 0. The largest absolute Gasteiger partial charge is 0.379 e. The fraction of sp³-hybridized carbons (Fsp3) is 0.321. The van der Waals surface area contributed by atoms with Gasteiger partial charge >= 0.3 is 0 Å². The van der Waals surface area contributed by atoms with E-state index in [0.29, 0.717) is 19.7 Å². The molecule has 0 bridgehead atoms. The number of carbonyl (C=O) groups excluding carboxylic acids is 1. The van der Waals surface area contributed by atoms with Gasteiger partial charge in [-0.15, -0.1) is 0 Å². The molecule has 2 aromatic heterocycles. The van der Waals surface area contributed by atoms with Crippen LogP contribution in [0.25, 0.3) is 11.1 Å². The molecule has 1 atom stereocenters. The molecular formula is C28H30N6O2. The molecule has 0 N–H and O–H groups in total. The van der Waals surface area contributed by atoms with E-state index >= 15 is 0 Å². The van der Waals surface area contributed by atoms with Gasteiger partial charge in [0.05, 0.1) is 25.4 Å². The fourth-order valence-electron chi connectivity index (χ4n) is 5.24. The molecule has 36 heavy (non-hydrogen) atoms. The Morgan fingerprint density at radius 1 is 1.06 bits per heavy atom. The average Bonchev–Trinajstić information content (AvgIpc) is 3.66. The van der Waals surface area contributed by atoms with Gasteiger partial charge in [-0.05, 0) is 36.2 Å². The van der Waals surface area contributed by atoms with Crippen LogP contribution in [0.2, 0.25) is 0 Å². The van der Waals surface area contributed by atoms with Crippen LogP contribution in [0.15, 0.2) is 67.0 Å². The van der Waals surface area contributed by atoms with E-state index in [-0.39, 0.29) is 11.9 Å². The lowest BCUT2D eigenvalue weighted by atomic mass is 10.0. The maximum Gasteiger partial charge on any atom is 0.219 e. The molecule has 2 aromatic carbocycles. The summed E-state index contributed by atoms with van der Waals surface area (Å²) in [6, 6.07) is 19.0. The number of para-hydroxylation sites is 1. The van der Waals surface area contributed by atoms with E-state index in [0.717, 1.165) is 53.3 Å². The summed E-state index contributed by atoms with van der Waals surface area (Å²) in [5, 5.41) is 9.52. The number of carbonyl (C=O) groups is 1. The van der Waals surface area contributed by atoms with Crippen LogP contribution in [0, 0.1) is 0 Å². The van der Waals surface area contributed by atoms with Crippen molar-refractivity contribution in [2.75, 3.05) is 24.7 Å². The molecule has 0 saturated carbocycles. The van der Waals surface area contributed by atoms with Crippen LogP contribution in [-0.4, -0.2) is 50.1 Å². The van der Waals surface area contributed by atoms with Crippen LogP contribution in [0.5, 0.6) is 0 Å². The van der Waals surface area contributed by atoms with Gasteiger partial charge in [-0.2, -0.15) is 10.2 Å². The van der Waals surface area contributed by atoms with Gasteiger partial charge in [0.25, 0.3) is 0 Å². The Labute approximate surface area is 210 Å². The zero-order valence-electron chi connectivity index (χ0n) is 20.7. The van der Waals surface area contributed by atoms with Crippen LogP contribution >= 0.6 is 0 Å². The highest BCUT2D eigenvalue weighted by Crippen LogP contribution is 2.40. The molecule has 0 aliphatic carbocycles. The normalized spacial score (nSPS) is 17.3. The Kier molecular flexibility index (Phi) is 5.81. The molecule has 0 spiro atoms. The van der Waals surface area contributed by atoms with Crippen molar-refractivity contribution in [2.45, 2.75) is 32.4 Å². The molecule has 1 fully saturated rings. The zero-order chi connectivity index (χ0) is 24.6.